The molecule has 14 heavy (non-hydrogen) atoms. The van der Waals surface area contributed by atoms with Gasteiger partial charge in [0.2, 0.25) is 5.91 Å². The van der Waals surface area contributed by atoms with E-state index in [2.05, 4.69) is 5.32 Å². The molecule has 0 aromatic rings. The molecular weight excluding hydrogens is 198 g/mol. The first-order valence-corrected chi connectivity index (χ1v) is 5.99. The molecule has 0 heterocycles. The van der Waals surface area contributed by atoms with Gasteiger partial charge in [-0.3, -0.25) is 4.79 Å². The summed E-state index contributed by atoms with van der Waals surface area (Å²) in [6.07, 6.45) is 5.70. The van der Waals surface area contributed by atoms with Crippen molar-refractivity contribution in [1.82, 2.24) is 5.32 Å². The number of amides is 1. The topological polar surface area (TPSA) is 29.1 Å². The van der Waals surface area contributed by atoms with Gasteiger partial charge >= 0.3 is 0 Å². The summed E-state index contributed by atoms with van der Waals surface area (Å²) in [6, 6.07) is 0.189. The maximum absolute atomic E-state index is 11.5. The zero-order chi connectivity index (χ0) is 10.6. The van der Waals surface area contributed by atoms with Gasteiger partial charge in [0.1, 0.15) is 0 Å². The molecule has 0 aliphatic heterocycles. The van der Waals surface area contributed by atoms with Crippen LogP contribution in [0.15, 0.2) is 0 Å². The number of carbonyl (C=O) groups excluding carboxylic acids is 1. The first kappa shape index (κ1) is 11.8. The van der Waals surface area contributed by atoms with Crippen LogP contribution in [0.5, 0.6) is 0 Å². The van der Waals surface area contributed by atoms with Crippen LogP contribution in [-0.2, 0) is 4.79 Å². The zero-order valence-corrected chi connectivity index (χ0v) is 9.81. The maximum Gasteiger partial charge on any atom is 0.222 e. The molecule has 1 aliphatic carbocycles. The summed E-state index contributed by atoms with van der Waals surface area (Å²) < 4.78 is 0. The quantitative estimate of drug-likeness (QED) is 0.559. The molecule has 82 valence electrons. The number of hydrogen-bond acceptors (Lipinski definition) is 1. The van der Waals surface area contributed by atoms with Crippen molar-refractivity contribution in [2.24, 2.45) is 5.92 Å². The van der Waals surface area contributed by atoms with Crippen molar-refractivity contribution in [1.29, 1.82) is 0 Å². The lowest BCUT2D eigenvalue weighted by atomic mass is 10.1. The molecule has 0 radical (unpaired) electrons. The van der Waals surface area contributed by atoms with Crippen LogP contribution in [0.4, 0.5) is 0 Å². The van der Waals surface area contributed by atoms with Crippen LogP contribution < -0.4 is 5.32 Å². The van der Waals surface area contributed by atoms with E-state index in [1.54, 1.807) is 0 Å². The fraction of sp³-hybridized carbons (Fsp3) is 0.909. The lowest BCUT2D eigenvalue weighted by molar-refractivity contribution is -0.124. The van der Waals surface area contributed by atoms with E-state index < -0.39 is 0 Å². The first-order chi connectivity index (χ1) is 6.61. The van der Waals surface area contributed by atoms with E-state index in [-0.39, 0.29) is 23.2 Å². The monoisotopic (exact) mass is 217 g/mol. The third-order valence-corrected chi connectivity index (χ3v) is 3.31. The predicted molar refractivity (Wildman–Crippen MR) is 59.5 cm³/mol. The normalized spacial score (nSPS) is 28.6. The Labute approximate surface area is 91.4 Å². The van der Waals surface area contributed by atoms with Gasteiger partial charge in [0, 0.05) is 12.0 Å². The second-order valence-corrected chi connectivity index (χ2v) is 4.98. The molecule has 1 aliphatic rings. The molecule has 0 saturated heterocycles. The summed E-state index contributed by atoms with van der Waals surface area (Å²) in [4.78, 5) is 11.5. The molecule has 0 bridgehead atoms. The van der Waals surface area contributed by atoms with Gasteiger partial charge in [-0.05, 0) is 12.8 Å². The summed E-state index contributed by atoms with van der Waals surface area (Å²) in [5.41, 5.74) is 0. The average Bonchev–Trinajstić information content (AvgIpc) is 2.32. The third-order valence-electron chi connectivity index (χ3n) is 2.78. The van der Waals surface area contributed by atoms with Crippen molar-refractivity contribution < 1.29 is 4.79 Å². The highest BCUT2D eigenvalue weighted by Crippen LogP contribution is 2.22. The molecule has 3 heteroatoms. The second kappa shape index (κ2) is 5.59. The Morgan fingerprint density at radius 2 is 1.93 bits per heavy atom. The molecule has 2 unspecified atom stereocenters. The largest absolute Gasteiger partial charge is 0.352 e. The van der Waals surface area contributed by atoms with Crippen LogP contribution in [0.1, 0.15) is 46.0 Å². The van der Waals surface area contributed by atoms with Crippen LogP contribution in [-0.4, -0.2) is 17.3 Å². The van der Waals surface area contributed by atoms with Crippen molar-refractivity contribution in [2.75, 3.05) is 0 Å². The highest BCUT2D eigenvalue weighted by atomic mass is 35.5. The van der Waals surface area contributed by atoms with Crippen molar-refractivity contribution in [3.05, 3.63) is 0 Å². The fourth-order valence-electron chi connectivity index (χ4n) is 1.77. The van der Waals surface area contributed by atoms with Crippen molar-refractivity contribution in [3.8, 4) is 0 Å². The highest BCUT2D eigenvalue weighted by Gasteiger charge is 2.23. The van der Waals surface area contributed by atoms with Crippen LogP contribution in [0.25, 0.3) is 0 Å². The molecule has 1 saturated carbocycles. The molecule has 0 spiro atoms. The lowest BCUT2D eigenvalue weighted by Crippen LogP contribution is -2.42. The van der Waals surface area contributed by atoms with E-state index in [9.17, 15) is 4.79 Å². The Bertz CT molecular complexity index is 194. The number of nitrogens with one attached hydrogen (secondary N) is 1. The minimum Gasteiger partial charge on any atom is -0.352 e. The second-order valence-electron chi connectivity index (χ2n) is 4.42. The summed E-state index contributed by atoms with van der Waals surface area (Å²) in [7, 11) is 0. The number of carbonyl (C=O) groups is 1. The highest BCUT2D eigenvalue weighted by molar-refractivity contribution is 6.21. The van der Waals surface area contributed by atoms with E-state index >= 15 is 0 Å². The molecule has 1 fully saturated rings. The predicted octanol–water partition coefficient (Wildman–Crippen LogP) is 2.70. The minimum absolute atomic E-state index is 0.0575. The third kappa shape index (κ3) is 3.49. The van der Waals surface area contributed by atoms with Crippen molar-refractivity contribution in [3.63, 3.8) is 0 Å². The first-order valence-electron chi connectivity index (χ1n) is 5.55. The van der Waals surface area contributed by atoms with E-state index in [0.29, 0.717) is 0 Å². The van der Waals surface area contributed by atoms with Crippen LogP contribution in [0.3, 0.4) is 0 Å². The molecule has 0 aromatic heterocycles. The van der Waals surface area contributed by atoms with Gasteiger partial charge in [0.25, 0.3) is 0 Å². The standard InChI is InChI=1S/C11H20ClNO/c1-8(2)11(14)13-10-7-5-3-4-6-9(10)12/h8-10H,3-7H2,1-2H3,(H,13,14). The summed E-state index contributed by atoms with van der Waals surface area (Å²) in [5, 5.41) is 3.16. The van der Waals surface area contributed by atoms with Gasteiger partial charge in [-0.25, -0.2) is 0 Å². The Morgan fingerprint density at radius 1 is 1.29 bits per heavy atom. The number of alkyl halides is 1. The summed E-state index contributed by atoms with van der Waals surface area (Å²) in [6.45, 7) is 3.82. The summed E-state index contributed by atoms with van der Waals surface area (Å²) >= 11 is 6.22. The molecule has 1 rings (SSSR count). The van der Waals surface area contributed by atoms with Gasteiger partial charge in [-0.2, -0.15) is 0 Å². The maximum atomic E-state index is 11.5. The zero-order valence-electron chi connectivity index (χ0n) is 9.05. The fourth-order valence-corrected chi connectivity index (χ4v) is 2.12. The van der Waals surface area contributed by atoms with E-state index in [1.807, 2.05) is 13.8 Å². The Kier molecular flexibility index (Phi) is 4.73. The molecule has 1 N–H and O–H groups in total. The average molecular weight is 218 g/mol. The SMILES string of the molecule is CC(C)C(=O)NC1CCCCCC1Cl. The molecule has 0 aromatic carbocycles. The molecular formula is C11H20ClNO. The van der Waals surface area contributed by atoms with E-state index in [1.165, 1.54) is 19.3 Å². The molecule has 2 nitrogen and oxygen atoms in total. The Hall–Kier alpha value is -0.240. The van der Waals surface area contributed by atoms with Crippen molar-refractivity contribution >= 4 is 17.5 Å². The minimum atomic E-state index is 0.0575. The molecule has 1 amide bonds. The number of hydrogen-bond donors (Lipinski definition) is 1. The summed E-state index contributed by atoms with van der Waals surface area (Å²) in [5.74, 6) is 0.185. The number of halogens is 1. The van der Waals surface area contributed by atoms with Crippen LogP contribution in [0, 0.1) is 5.92 Å². The van der Waals surface area contributed by atoms with Gasteiger partial charge in [-0.15, -0.1) is 11.6 Å². The van der Waals surface area contributed by atoms with Crippen molar-refractivity contribution in [2.45, 2.75) is 57.4 Å². The lowest BCUT2D eigenvalue weighted by Gasteiger charge is -2.22. The molecule has 2 atom stereocenters. The van der Waals surface area contributed by atoms with E-state index in [4.69, 9.17) is 11.6 Å². The van der Waals surface area contributed by atoms with E-state index in [0.717, 1.165) is 12.8 Å². The van der Waals surface area contributed by atoms with Crippen LogP contribution >= 0.6 is 11.6 Å². The number of rotatable bonds is 2. The van der Waals surface area contributed by atoms with Gasteiger partial charge in [0.15, 0.2) is 0 Å². The van der Waals surface area contributed by atoms with Gasteiger partial charge < -0.3 is 5.32 Å². The smallest absolute Gasteiger partial charge is 0.222 e. The van der Waals surface area contributed by atoms with Crippen LogP contribution in [0.2, 0.25) is 0 Å². The Morgan fingerprint density at radius 3 is 2.57 bits per heavy atom. The Balaban J connectivity index is 2.44. The van der Waals surface area contributed by atoms with Gasteiger partial charge in [-0.1, -0.05) is 33.1 Å². The van der Waals surface area contributed by atoms with Gasteiger partial charge in [0.05, 0.1) is 5.38 Å².